The van der Waals surface area contributed by atoms with Crippen LogP contribution in [-0.4, -0.2) is 39.5 Å². The van der Waals surface area contributed by atoms with Gasteiger partial charge in [0, 0.05) is 17.0 Å². The van der Waals surface area contributed by atoms with Crippen molar-refractivity contribution in [2.24, 2.45) is 0 Å². The molecule has 0 aliphatic rings. The molecule has 0 aliphatic carbocycles. The van der Waals surface area contributed by atoms with E-state index >= 15 is 0 Å². The van der Waals surface area contributed by atoms with Crippen LogP contribution in [0.1, 0.15) is 28.0 Å². The maximum Gasteiger partial charge on any atom is 0.341 e. The fourth-order valence-electron chi connectivity index (χ4n) is 3.69. The Morgan fingerprint density at radius 1 is 1.06 bits per heavy atom. The number of aromatic nitrogens is 3. The predicted molar refractivity (Wildman–Crippen MR) is 142 cm³/mol. The normalized spacial score (nSPS) is 10.8. The van der Waals surface area contributed by atoms with Crippen molar-refractivity contribution >= 4 is 40.0 Å². The lowest BCUT2D eigenvalue weighted by Crippen LogP contribution is -2.16. The monoisotopic (exact) mass is 522 g/mol. The average molecular weight is 523 g/mol. The van der Waals surface area contributed by atoms with E-state index in [2.05, 4.69) is 15.5 Å². The van der Waals surface area contributed by atoms with E-state index in [-0.39, 0.29) is 18.3 Å². The van der Waals surface area contributed by atoms with Gasteiger partial charge >= 0.3 is 5.97 Å². The summed E-state index contributed by atoms with van der Waals surface area (Å²) in [5.74, 6) is 0.794. The summed E-state index contributed by atoms with van der Waals surface area (Å²) in [5, 5.41) is 12.5. The van der Waals surface area contributed by atoms with Gasteiger partial charge in [-0.3, -0.25) is 4.79 Å². The molecule has 0 fully saturated rings. The molecule has 1 amide bonds. The highest BCUT2D eigenvalue weighted by molar-refractivity contribution is 7.99. The Morgan fingerprint density at radius 3 is 2.42 bits per heavy atom. The van der Waals surface area contributed by atoms with Crippen LogP contribution in [0.15, 0.2) is 65.8 Å². The minimum Gasteiger partial charge on any atom is -0.486 e. The van der Waals surface area contributed by atoms with Gasteiger partial charge in [-0.05, 0) is 31.5 Å². The van der Waals surface area contributed by atoms with E-state index < -0.39 is 5.97 Å². The summed E-state index contributed by atoms with van der Waals surface area (Å²) in [6, 6.07) is 19.1. The SMILES string of the molecule is CCn1c(COc2ccccc2)nnc1SCC(=O)Nc1sc(C)c(-c2ccccc2)c1C(=O)OC. The van der Waals surface area contributed by atoms with Crippen LogP contribution in [0.3, 0.4) is 0 Å². The van der Waals surface area contributed by atoms with Gasteiger partial charge in [-0.1, -0.05) is 60.3 Å². The topological polar surface area (TPSA) is 95.3 Å². The highest BCUT2D eigenvalue weighted by atomic mass is 32.2. The maximum atomic E-state index is 12.9. The van der Waals surface area contributed by atoms with Crippen molar-refractivity contribution in [1.82, 2.24) is 14.8 Å². The van der Waals surface area contributed by atoms with Gasteiger partial charge in [-0.15, -0.1) is 21.5 Å². The highest BCUT2D eigenvalue weighted by Crippen LogP contribution is 2.40. The number of nitrogens with zero attached hydrogens (tertiary/aromatic N) is 3. The molecule has 0 saturated carbocycles. The van der Waals surface area contributed by atoms with Crippen LogP contribution in [0.2, 0.25) is 0 Å². The quantitative estimate of drug-likeness (QED) is 0.219. The van der Waals surface area contributed by atoms with E-state index in [9.17, 15) is 9.59 Å². The molecule has 186 valence electrons. The molecule has 2 heterocycles. The molecular formula is C26H26N4O4S2. The van der Waals surface area contributed by atoms with Gasteiger partial charge in [0.2, 0.25) is 5.91 Å². The lowest BCUT2D eigenvalue weighted by molar-refractivity contribution is -0.113. The van der Waals surface area contributed by atoms with Crippen LogP contribution in [-0.2, 0) is 22.7 Å². The van der Waals surface area contributed by atoms with Crippen molar-refractivity contribution in [1.29, 1.82) is 0 Å². The zero-order valence-corrected chi connectivity index (χ0v) is 21.8. The molecule has 0 spiro atoms. The third-order valence-electron chi connectivity index (χ3n) is 5.34. The molecule has 2 aromatic carbocycles. The number of para-hydroxylation sites is 1. The second-order valence-electron chi connectivity index (χ2n) is 7.68. The van der Waals surface area contributed by atoms with Crippen LogP contribution in [0, 0.1) is 6.92 Å². The average Bonchev–Trinajstić information content (AvgIpc) is 3.46. The van der Waals surface area contributed by atoms with Crippen molar-refractivity contribution in [3.63, 3.8) is 0 Å². The van der Waals surface area contributed by atoms with Crippen molar-refractivity contribution < 1.29 is 19.1 Å². The molecule has 2 aromatic heterocycles. The van der Waals surface area contributed by atoms with E-state index in [1.807, 2.05) is 79.1 Å². The van der Waals surface area contributed by atoms with Gasteiger partial charge in [0.25, 0.3) is 0 Å². The highest BCUT2D eigenvalue weighted by Gasteiger charge is 2.25. The number of carbonyl (C=O) groups excluding carboxylic acids is 2. The third kappa shape index (κ3) is 5.77. The molecule has 0 saturated heterocycles. The Balaban J connectivity index is 1.45. The van der Waals surface area contributed by atoms with Crippen molar-refractivity contribution in [3.05, 3.63) is 76.9 Å². The number of anilines is 1. The number of aryl methyl sites for hydroxylation is 1. The van der Waals surface area contributed by atoms with Crippen molar-refractivity contribution in [2.45, 2.75) is 32.2 Å². The van der Waals surface area contributed by atoms with Crippen LogP contribution in [0.25, 0.3) is 11.1 Å². The molecule has 0 aliphatic heterocycles. The summed E-state index contributed by atoms with van der Waals surface area (Å²) < 4.78 is 12.7. The molecule has 0 unspecified atom stereocenters. The van der Waals surface area contributed by atoms with E-state index in [1.54, 1.807) is 0 Å². The number of ether oxygens (including phenoxy) is 2. The molecule has 36 heavy (non-hydrogen) atoms. The Morgan fingerprint density at radius 2 is 1.75 bits per heavy atom. The van der Waals surface area contributed by atoms with Crippen molar-refractivity contribution in [3.8, 4) is 16.9 Å². The van der Waals surface area contributed by atoms with Gasteiger partial charge in [-0.2, -0.15) is 0 Å². The van der Waals surface area contributed by atoms with E-state index in [1.165, 1.54) is 30.2 Å². The Labute approximate surface area is 217 Å². The van der Waals surface area contributed by atoms with E-state index in [0.717, 1.165) is 21.8 Å². The number of nitrogens with one attached hydrogen (secondary N) is 1. The number of hydrogen-bond acceptors (Lipinski definition) is 8. The Kier molecular flexibility index (Phi) is 8.40. The van der Waals surface area contributed by atoms with Crippen molar-refractivity contribution in [2.75, 3.05) is 18.2 Å². The Bertz CT molecular complexity index is 1340. The number of rotatable bonds is 10. The first kappa shape index (κ1) is 25.5. The smallest absolute Gasteiger partial charge is 0.341 e. The first-order chi connectivity index (χ1) is 17.5. The minimum absolute atomic E-state index is 0.107. The zero-order valence-electron chi connectivity index (χ0n) is 20.2. The number of thiophene rings is 1. The molecular weight excluding hydrogens is 496 g/mol. The lowest BCUT2D eigenvalue weighted by Gasteiger charge is -2.09. The third-order valence-corrected chi connectivity index (χ3v) is 7.33. The van der Waals surface area contributed by atoms with Gasteiger partial charge in [0.15, 0.2) is 11.0 Å². The summed E-state index contributed by atoms with van der Waals surface area (Å²) >= 11 is 2.63. The number of amides is 1. The largest absolute Gasteiger partial charge is 0.486 e. The van der Waals surface area contributed by atoms with E-state index in [4.69, 9.17) is 9.47 Å². The number of carbonyl (C=O) groups is 2. The number of benzene rings is 2. The summed E-state index contributed by atoms with van der Waals surface area (Å²) in [6.07, 6.45) is 0. The van der Waals surface area contributed by atoms with Gasteiger partial charge in [0.05, 0.1) is 12.9 Å². The number of methoxy groups -OCH3 is 1. The number of thioether (sulfide) groups is 1. The molecule has 8 nitrogen and oxygen atoms in total. The molecule has 1 N–H and O–H groups in total. The fourth-order valence-corrected chi connectivity index (χ4v) is 5.59. The summed E-state index contributed by atoms with van der Waals surface area (Å²) in [5.41, 5.74) is 2.02. The molecule has 4 rings (SSSR count). The van der Waals surface area contributed by atoms with Crippen LogP contribution in [0.4, 0.5) is 5.00 Å². The van der Waals surface area contributed by atoms with Crippen LogP contribution in [0.5, 0.6) is 5.75 Å². The van der Waals surface area contributed by atoms with Gasteiger partial charge in [0.1, 0.15) is 22.9 Å². The Hall–Kier alpha value is -3.63. The molecule has 4 aromatic rings. The van der Waals surface area contributed by atoms with Crippen LogP contribution >= 0.6 is 23.1 Å². The molecule has 0 bridgehead atoms. The van der Waals surface area contributed by atoms with Crippen LogP contribution < -0.4 is 10.1 Å². The number of esters is 1. The summed E-state index contributed by atoms with van der Waals surface area (Å²) in [7, 11) is 1.34. The second kappa shape index (κ2) is 11.9. The zero-order chi connectivity index (χ0) is 25.5. The second-order valence-corrected chi connectivity index (χ2v) is 9.84. The van der Waals surface area contributed by atoms with Gasteiger partial charge in [-0.25, -0.2) is 4.79 Å². The molecule has 0 atom stereocenters. The maximum absolute atomic E-state index is 12.9. The van der Waals surface area contributed by atoms with Gasteiger partial charge < -0.3 is 19.4 Å². The predicted octanol–water partition coefficient (Wildman–Crippen LogP) is 5.43. The molecule has 10 heteroatoms. The summed E-state index contributed by atoms with van der Waals surface area (Å²) in [6.45, 7) is 4.83. The first-order valence-electron chi connectivity index (χ1n) is 11.3. The lowest BCUT2D eigenvalue weighted by atomic mass is 10.0. The fraction of sp³-hybridized carbons (Fsp3) is 0.231. The first-order valence-corrected chi connectivity index (χ1v) is 13.1. The molecule has 0 radical (unpaired) electrons. The number of hydrogen-bond donors (Lipinski definition) is 1. The minimum atomic E-state index is -0.491. The standard InChI is InChI=1S/C26H26N4O4S2/c1-4-30-20(15-34-19-13-9-6-10-14-19)28-29-26(30)35-16-21(31)27-24-23(25(32)33-3)22(17(2)36-24)18-11-7-5-8-12-18/h5-14H,4,15-16H2,1-3H3,(H,27,31). The van der Waals surface area contributed by atoms with E-state index in [0.29, 0.717) is 28.1 Å². The summed E-state index contributed by atoms with van der Waals surface area (Å²) in [4.78, 5) is 26.4.